The van der Waals surface area contributed by atoms with Gasteiger partial charge < -0.3 is 69.9 Å². The Morgan fingerprint density at radius 1 is 0.876 bits per heavy atom. The predicted molar refractivity (Wildman–Crippen MR) is 354 cm³/mol. The Kier molecular flexibility index (Phi) is 21.3. The van der Waals surface area contributed by atoms with E-state index >= 15 is 0 Å². The summed E-state index contributed by atoms with van der Waals surface area (Å²) in [6, 6.07) is 21.6. The van der Waals surface area contributed by atoms with Crippen LogP contribution in [0.25, 0.3) is 21.3 Å². The molecule has 0 radical (unpaired) electrons. The first-order chi connectivity index (χ1) is 46.3. The third kappa shape index (κ3) is 16.7. The largest absolute Gasteiger partial charge is 0.476 e. The van der Waals surface area contributed by atoms with Crippen molar-refractivity contribution in [2.45, 2.75) is 128 Å². The smallest absolute Gasteiger partial charge is 0.409 e. The van der Waals surface area contributed by atoms with Crippen LogP contribution in [0.4, 0.5) is 21.4 Å². The zero-order valence-electron chi connectivity index (χ0n) is 54.4. The molecule has 3 aromatic carbocycles. The Hall–Kier alpha value is -8.20. The molecule has 30 heteroatoms. The summed E-state index contributed by atoms with van der Waals surface area (Å²) < 4.78 is 63.4. The van der Waals surface area contributed by atoms with Gasteiger partial charge in [-0.15, -0.1) is 0 Å². The van der Waals surface area contributed by atoms with Crippen LogP contribution < -0.4 is 30.9 Å². The molecule has 5 heterocycles. The van der Waals surface area contributed by atoms with Gasteiger partial charge in [-0.05, 0) is 121 Å². The van der Waals surface area contributed by atoms with Crippen molar-refractivity contribution < 1.29 is 85.8 Å². The SMILES string of the molecule is Cc1c(-c2ccc(N3CCc4cccc(C(=O)Nc5nc6ccccc6s5)c4C3)nc2C(=O)O)cnn1CC1C2CC3(C)CC(C)(C2)CC1(OCCN(C)C(=O)OCc1ccc(O[C@H]2C[C@@H](O)[C@@H](O)[C@@H](CO)O2)c(NC(=O)CCNC(=O)COCCNC(=O)CCS(=O)(=O)O)c1)C3. The lowest BCUT2D eigenvalue weighted by Crippen LogP contribution is -2.65. The molecule has 4 bridgehead atoms. The Bertz CT molecular complexity index is 4000. The average Bonchev–Trinajstić information content (AvgIpc) is 0.929. The molecule has 4 saturated carbocycles. The number of aliphatic hydroxyl groups is 3. The standard InChI is InChI=1S/C67H82N10O18S2/c1-39-45(43-13-15-54(73-59(43)62(85)86)76-21-17-41-8-7-9-44(46(41)31-76)61(84)74-63-72-48-10-5-6-11-53(48)96-63)30-70-77(39)32-47-42-28-65(2)36-66(3,29-42)38-67(47,37-65)93-24-22-75(4)64(87)92-34-40-12-14-51(94-58-27-50(79)60(83)52(33-78)95-58)49(26-40)71-56(81)16-19-68-57(82)35-91-23-20-69-55(80)18-25-97(88,89)90/h5-15,26,30,42,47,50,52,58,60,78-79,83H,16-25,27-29,31-38H2,1-4H3,(H,68,82)(H,69,80)(H,71,81)(H,85,86)(H,72,74,84)(H,88,89,90)/t42?,47?,50-,52-,58-,60-,65?,66?,67?/m1/s1. The van der Waals surface area contributed by atoms with Crippen molar-refractivity contribution >= 4 is 84.0 Å². The number of aromatic nitrogens is 4. The average molecular weight is 1380 g/mol. The molecular weight excluding hydrogens is 1300 g/mol. The van der Waals surface area contributed by atoms with E-state index in [-0.39, 0.29) is 92.1 Å². The molecule has 7 atom stereocenters. The fraction of sp³-hybridized carbons (Fsp3) is 0.507. The van der Waals surface area contributed by atoms with E-state index in [9.17, 15) is 57.6 Å². The number of nitrogens with zero attached hydrogens (tertiary/aromatic N) is 6. The number of likely N-dealkylation sites (N-methyl/N-ethyl adjacent to an activating group) is 1. The van der Waals surface area contributed by atoms with Gasteiger partial charge in [-0.25, -0.2) is 19.6 Å². The van der Waals surface area contributed by atoms with Crippen molar-refractivity contribution in [3.8, 4) is 16.9 Å². The third-order valence-corrected chi connectivity index (χ3v) is 20.8. The van der Waals surface area contributed by atoms with Gasteiger partial charge in [-0.3, -0.25) is 33.7 Å². The Morgan fingerprint density at radius 3 is 2.40 bits per heavy atom. The highest BCUT2D eigenvalue weighted by molar-refractivity contribution is 7.85. The van der Waals surface area contributed by atoms with Crippen molar-refractivity contribution in [3.63, 3.8) is 0 Å². The zero-order valence-corrected chi connectivity index (χ0v) is 56.0. The quantitative estimate of drug-likeness (QED) is 0.0210. The van der Waals surface area contributed by atoms with E-state index in [4.69, 9.17) is 38.3 Å². The number of para-hydroxylation sites is 1. The molecule has 0 spiro atoms. The number of thiazole rings is 1. The molecule has 520 valence electrons. The summed E-state index contributed by atoms with van der Waals surface area (Å²) in [7, 11) is -2.69. The van der Waals surface area contributed by atoms with Gasteiger partial charge in [0.2, 0.25) is 24.0 Å². The van der Waals surface area contributed by atoms with Crippen molar-refractivity contribution in [3.05, 3.63) is 113 Å². The molecule has 3 aromatic heterocycles. The number of amides is 5. The lowest BCUT2D eigenvalue weighted by molar-refractivity contribution is -0.252. The molecule has 2 aliphatic heterocycles. The number of hydrogen-bond acceptors (Lipinski definition) is 21. The molecule has 6 aliphatic rings. The lowest BCUT2D eigenvalue weighted by atomic mass is 9.40. The van der Waals surface area contributed by atoms with Gasteiger partial charge in [0.25, 0.3) is 16.0 Å². The summed E-state index contributed by atoms with van der Waals surface area (Å²) in [5.41, 5.74) is 5.04. The highest BCUT2D eigenvalue weighted by atomic mass is 32.2. The van der Waals surface area contributed by atoms with E-state index in [2.05, 4.69) is 40.1 Å². The minimum absolute atomic E-state index is 0.0295. The van der Waals surface area contributed by atoms with Gasteiger partial charge >= 0.3 is 12.1 Å². The fourth-order valence-electron chi connectivity index (χ4n) is 15.2. The van der Waals surface area contributed by atoms with Gasteiger partial charge in [-0.2, -0.15) is 13.5 Å². The number of hydrogen-bond donors (Lipinski definition) is 9. The summed E-state index contributed by atoms with van der Waals surface area (Å²) in [4.78, 5) is 91.0. The molecular formula is C67H82N10O18S2. The highest BCUT2D eigenvalue weighted by Crippen LogP contribution is 2.69. The van der Waals surface area contributed by atoms with Crippen molar-refractivity contribution in [2.75, 3.05) is 80.9 Å². The van der Waals surface area contributed by atoms with Crippen molar-refractivity contribution in [2.24, 2.45) is 22.7 Å². The Morgan fingerprint density at radius 2 is 1.65 bits per heavy atom. The first-order valence-electron chi connectivity index (χ1n) is 32.4. The molecule has 9 N–H and O–H groups in total. The second kappa shape index (κ2) is 29.5. The number of pyridine rings is 1. The molecule has 3 unspecified atom stereocenters. The topological polar surface area (TPSA) is 382 Å². The fourth-order valence-corrected chi connectivity index (χ4v) is 16.5. The number of carboxylic acid groups (broad SMARTS) is 1. The van der Waals surface area contributed by atoms with Gasteiger partial charge in [-0.1, -0.05) is 55.5 Å². The Labute approximate surface area is 564 Å². The maximum atomic E-state index is 13.8. The number of benzene rings is 3. The summed E-state index contributed by atoms with van der Waals surface area (Å²) >= 11 is 1.40. The van der Waals surface area contributed by atoms with Crippen LogP contribution in [-0.2, 0) is 69.6 Å². The Balaban J connectivity index is 0.709. The first-order valence-corrected chi connectivity index (χ1v) is 34.8. The van der Waals surface area contributed by atoms with Crippen molar-refractivity contribution in [1.82, 2.24) is 35.3 Å². The van der Waals surface area contributed by atoms with Crippen LogP contribution in [0, 0.1) is 29.6 Å². The number of carbonyl (C=O) groups excluding carboxylic acids is 5. The van der Waals surface area contributed by atoms with E-state index in [0.717, 1.165) is 59.1 Å². The van der Waals surface area contributed by atoms with Crippen LogP contribution in [0.1, 0.15) is 108 Å². The molecule has 6 aromatic rings. The normalized spacial score (nSPS) is 24.1. The van der Waals surface area contributed by atoms with Crippen LogP contribution in [0.2, 0.25) is 0 Å². The van der Waals surface area contributed by atoms with Crippen LogP contribution in [0.15, 0.2) is 79.0 Å². The van der Waals surface area contributed by atoms with Gasteiger partial charge in [0.15, 0.2) is 10.8 Å². The second-order valence-corrected chi connectivity index (χ2v) is 29.3. The van der Waals surface area contributed by atoms with E-state index in [0.29, 0.717) is 65.2 Å². The number of ether oxygens (including phenoxy) is 5. The van der Waals surface area contributed by atoms with Gasteiger partial charge in [0, 0.05) is 93.9 Å². The number of aromatic carboxylic acids is 1. The van der Waals surface area contributed by atoms with Crippen molar-refractivity contribution in [1.29, 1.82) is 0 Å². The minimum Gasteiger partial charge on any atom is -0.476 e. The number of carboxylic acids is 1. The summed E-state index contributed by atoms with van der Waals surface area (Å²) in [5, 5.41) is 57.4. The van der Waals surface area contributed by atoms with Crippen LogP contribution in [-0.4, -0.2) is 189 Å². The second-order valence-electron chi connectivity index (χ2n) is 26.7. The molecule has 12 rings (SSSR count). The zero-order chi connectivity index (χ0) is 69.0. The van der Waals surface area contributed by atoms with Gasteiger partial charge in [0.1, 0.15) is 37.0 Å². The molecule has 5 fully saturated rings. The molecule has 28 nitrogen and oxygen atoms in total. The number of aliphatic hydroxyl groups excluding tert-OH is 3. The van der Waals surface area contributed by atoms with Gasteiger partial charge in [0.05, 0.1) is 59.4 Å². The summed E-state index contributed by atoms with van der Waals surface area (Å²) in [6.07, 6.45) is 0.657. The maximum Gasteiger partial charge on any atom is 0.409 e. The minimum atomic E-state index is -4.30. The monoisotopic (exact) mass is 1380 g/mol. The van der Waals surface area contributed by atoms with E-state index in [1.807, 2.05) is 59.0 Å². The number of carbonyl (C=O) groups is 6. The van der Waals surface area contributed by atoms with Crippen LogP contribution in [0.5, 0.6) is 5.75 Å². The third-order valence-electron chi connectivity index (χ3n) is 19.1. The van der Waals surface area contributed by atoms with E-state index in [1.54, 1.807) is 31.4 Å². The lowest BCUT2D eigenvalue weighted by Gasteiger charge is -2.68. The highest BCUT2D eigenvalue weighted by Gasteiger charge is 2.65. The number of rotatable bonds is 28. The number of fused-ring (bicyclic) bond motifs is 2. The predicted octanol–water partition coefficient (Wildman–Crippen LogP) is 5.70. The van der Waals surface area contributed by atoms with Crippen LogP contribution >= 0.6 is 11.3 Å². The number of nitrogens with one attached hydrogen (secondary N) is 4. The van der Waals surface area contributed by atoms with E-state index < -0.39 is 95.5 Å². The van der Waals surface area contributed by atoms with Crippen LogP contribution in [0.3, 0.4) is 0 Å². The molecule has 1 saturated heterocycles. The molecule has 4 aliphatic carbocycles. The molecule has 97 heavy (non-hydrogen) atoms. The first kappa shape index (κ1) is 70.1. The number of anilines is 3. The maximum absolute atomic E-state index is 13.8. The summed E-state index contributed by atoms with van der Waals surface area (Å²) in [5.74, 6) is -3.05. The summed E-state index contributed by atoms with van der Waals surface area (Å²) in [6.45, 7) is 6.99. The van der Waals surface area contributed by atoms with E-state index in [1.165, 1.54) is 28.4 Å². The molecule has 5 amide bonds.